The molecule has 0 aliphatic rings. The molecule has 0 bridgehead atoms. The zero-order valence-electron chi connectivity index (χ0n) is 13.5. The van der Waals surface area contributed by atoms with Gasteiger partial charge in [0.2, 0.25) is 0 Å². The molecule has 0 saturated heterocycles. The summed E-state index contributed by atoms with van der Waals surface area (Å²) in [5.41, 5.74) is 0. The van der Waals surface area contributed by atoms with Crippen LogP contribution in [-0.4, -0.2) is 39.9 Å². The van der Waals surface area contributed by atoms with Gasteiger partial charge in [0.05, 0.1) is 12.2 Å². The standard InChI is InChI=1S/C6H12O.C6H10O.C5H10O2/c2*1-3-5-6(7)4-2;1-2-5(7)3-4-6/h4,6-7H,2-3,5H2,1H3;4H,2-3,5H2,1H3;2,5-7H,1,3-4H2. The minimum atomic E-state index is -0.537. The van der Waals surface area contributed by atoms with Crippen LogP contribution in [0.25, 0.3) is 0 Å². The monoisotopic (exact) mass is 300 g/mol. The maximum absolute atomic E-state index is 10.3. The number of carbonyl (C=O) groups is 1. The maximum atomic E-state index is 10.3. The summed E-state index contributed by atoms with van der Waals surface area (Å²) >= 11 is 0. The van der Waals surface area contributed by atoms with Crippen LogP contribution in [0.1, 0.15) is 46.0 Å². The predicted octanol–water partition coefficient (Wildman–Crippen LogP) is 2.79. The van der Waals surface area contributed by atoms with Gasteiger partial charge in [-0.05, 0) is 25.3 Å². The fraction of sp³-hybridized carbons (Fsp3) is 0.588. The molecule has 0 aliphatic heterocycles. The third kappa shape index (κ3) is 27.8. The SMILES string of the molecule is C=CC(=O)CCC.C=CC(O)CCC.C=CC(O)CCO. The van der Waals surface area contributed by atoms with Crippen LogP contribution >= 0.6 is 0 Å². The summed E-state index contributed by atoms with van der Waals surface area (Å²) in [4.78, 5) is 10.3. The Morgan fingerprint density at radius 2 is 1.48 bits per heavy atom. The van der Waals surface area contributed by atoms with Gasteiger partial charge < -0.3 is 15.3 Å². The van der Waals surface area contributed by atoms with E-state index in [1.165, 1.54) is 12.2 Å². The molecule has 3 N–H and O–H groups in total. The topological polar surface area (TPSA) is 77.8 Å². The summed E-state index contributed by atoms with van der Waals surface area (Å²) in [6.07, 6.45) is 7.31. The summed E-state index contributed by atoms with van der Waals surface area (Å²) in [5, 5.41) is 25.5. The molecule has 4 nitrogen and oxygen atoms in total. The number of hydrogen-bond acceptors (Lipinski definition) is 4. The second kappa shape index (κ2) is 21.1. The molecule has 0 aromatic carbocycles. The van der Waals surface area contributed by atoms with E-state index < -0.39 is 6.10 Å². The van der Waals surface area contributed by atoms with Gasteiger partial charge in [-0.15, -0.1) is 13.2 Å². The average Bonchev–Trinajstić information content (AvgIpc) is 2.49. The van der Waals surface area contributed by atoms with Crippen molar-refractivity contribution >= 4 is 5.78 Å². The van der Waals surface area contributed by atoms with E-state index in [2.05, 4.69) is 19.7 Å². The molecule has 2 unspecified atom stereocenters. The fourth-order valence-corrected chi connectivity index (χ4v) is 1.01. The fourth-order valence-electron chi connectivity index (χ4n) is 1.01. The van der Waals surface area contributed by atoms with E-state index in [0.29, 0.717) is 12.8 Å². The van der Waals surface area contributed by atoms with Crippen LogP contribution in [0.4, 0.5) is 0 Å². The third-order valence-corrected chi connectivity index (χ3v) is 2.28. The van der Waals surface area contributed by atoms with E-state index >= 15 is 0 Å². The first-order chi connectivity index (χ1) is 9.92. The summed E-state index contributed by atoms with van der Waals surface area (Å²) < 4.78 is 0. The van der Waals surface area contributed by atoms with E-state index in [1.54, 1.807) is 6.08 Å². The Labute approximate surface area is 129 Å². The van der Waals surface area contributed by atoms with Crippen molar-refractivity contribution in [1.29, 1.82) is 0 Å². The van der Waals surface area contributed by atoms with E-state index in [0.717, 1.165) is 19.3 Å². The molecular weight excluding hydrogens is 268 g/mol. The van der Waals surface area contributed by atoms with Gasteiger partial charge in [0.15, 0.2) is 5.78 Å². The number of rotatable bonds is 9. The van der Waals surface area contributed by atoms with Crippen molar-refractivity contribution < 1.29 is 20.1 Å². The van der Waals surface area contributed by atoms with Crippen LogP contribution in [0, 0.1) is 0 Å². The van der Waals surface area contributed by atoms with E-state index in [-0.39, 0.29) is 18.5 Å². The van der Waals surface area contributed by atoms with Crippen LogP contribution in [0.15, 0.2) is 38.0 Å². The lowest BCUT2D eigenvalue weighted by Gasteiger charge is -1.97. The molecule has 0 fully saturated rings. The zero-order valence-corrected chi connectivity index (χ0v) is 13.5. The van der Waals surface area contributed by atoms with E-state index in [9.17, 15) is 4.79 Å². The third-order valence-electron chi connectivity index (χ3n) is 2.28. The molecule has 124 valence electrons. The molecular formula is C17H32O4. The zero-order chi connectivity index (χ0) is 17.1. The van der Waals surface area contributed by atoms with Crippen molar-refractivity contribution in [2.24, 2.45) is 0 Å². The Bertz CT molecular complexity index is 246. The number of allylic oxidation sites excluding steroid dienone is 1. The first kappa shape index (κ1) is 24.8. The lowest BCUT2D eigenvalue weighted by molar-refractivity contribution is -0.114. The first-order valence-corrected chi connectivity index (χ1v) is 7.30. The summed E-state index contributed by atoms with van der Waals surface area (Å²) in [7, 11) is 0. The highest BCUT2D eigenvalue weighted by molar-refractivity contribution is 5.88. The normalized spacial score (nSPS) is 11.7. The Balaban J connectivity index is -0.000000231. The molecule has 4 heteroatoms. The van der Waals surface area contributed by atoms with Crippen molar-refractivity contribution in [2.45, 2.75) is 58.2 Å². The Morgan fingerprint density at radius 1 is 1.00 bits per heavy atom. The Kier molecular flexibility index (Phi) is 24.9. The molecule has 0 amide bonds. The van der Waals surface area contributed by atoms with Crippen LogP contribution in [0.2, 0.25) is 0 Å². The largest absolute Gasteiger partial charge is 0.396 e. The van der Waals surface area contributed by atoms with Gasteiger partial charge in [-0.25, -0.2) is 0 Å². The Hall–Kier alpha value is -1.23. The number of hydrogen-bond donors (Lipinski definition) is 3. The van der Waals surface area contributed by atoms with Crippen molar-refractivity contribution in [3.05, 3.63) is 38.0 Å². The van der Waals surface area contributed by atoms with Gasteiger partial charge in [-0.1, -0.05) is 39.0 Å². The minimum absolute atomic E-state index is 0.0210. The van der Waals surface area contributed by atoms with Gasteiger partial charge in [0, 0.05) is 13.0 Å². The summed E-state index contributed by atoms with van der Waals surface area (Å²) in [6.45, 7) is 14.1. The van der Waals surface area contributed by atoms with Crippen LogP contribution in [0.3, 0.4) is 0 Å². The molecule has 0 rings (SSSR count). The second-order valence-electron chi connectivity index (χ2n) is 4.33. The lowest BCUT2D eigenvalue weighted by atomic mass is 10.2. The van der Waals surface area contributed by atoms with E-state index in [4.69, 9.17) is 15.3 Å². The first-order valence-electron chi connectivity index (χ1n) is 7.30. The molecule has 0 aromatic heterocycles. The van der Waals surface area contributed by atoms with Gasteiger partial charge in [0.1, 0.15) is 0 Å². The van der Waals surface area contributed by atoms with Crippen molar-refractivity contribution in [2.75, 3.05) is 6.61 Å². The van der Waals surface area contributed by atoms with Crippen LogP contribution in [0.5, 0.6) is 0 Å². The second-order valence-corrected chi connectivity index (χ2v) is 4.33. The van der Waals surface area contributed by atoms with Gasteiger partial charge in [-0.2, -0.15) is 0 Å². The van der Waals surface area contributed by atoms with Crippen molar-refractivity contribution in [3.8, 4) is 0 Å². The summed E-state index contributed by atoms with van der Waals surface area (Å²) in [5.74, 6) is 0.141. The number of aliphatic hydroxyl groups is 3. The molecule has 0 radical (unpaired) electrons. The van der Waals surface area contributed by atoms with Gasteiger partial charge >= 0.3 is 0 Å². The quantitative estimate of drug-likeness (QED) is 0.452. The van der Waals surface area contributed by atoms with Gasteiger partial charge in [0.25, 0.3) is 0 Å². The molecule has 0 spiro atoms. The van der Waals surface area contributed by atoms with Crippen molar-refractivity contribution in [1.82, 2.24) is 0 Å². The molecule has 0 aromatic rings. The summed E-state index contributed by atoms with van der Waals surface area (Å²) in [6, 6.07) is 0. The minimum Gasteiger partial charge on any atom is -0.396 e. The highest BCUT2D eigenvalue weighted by Crippen LogP contribution is 1.94. The highest BCUT2D eigenvalue weighted by atomic mass is 16.3. The smallest absolute Gasteiger partial charge is 0.155 e. The molecule has 2 atom stereocenters. The van der Waals surface area contributed by atoms with Crippen molar-refractivity contribution in [3.63, 3.8) is 0 Å². The lowest BCUT2D eigenvalue weighted by Crippen LogP contribution is -2.02. The maximum Gasteiger partial charge on any atom is 0.155 e. The molecule has 0 aliphatic carbocycles. The Morgan fingerprint density at radius 3 is 1.62 bits per heavy atom. The van der Waals surface area contributed by atoms with E-state index in [1.807, 2.05) is 13.8 Å². The molecule has 21 heavy (non-hydrogen) atoms. The number of aliphatic hydroxyl groups excluding tert-OH is 3. The molecule has 0 saturated carbocycles. The highest BCUT2D eigenvalue weighted by Gasteiger charge is 1.92. The number of carbonyl (C=O) groups excluding carboxylic acids is 1. The van der Waals surface area contributed by atoms with Crippen LogP contribution in [-0.2, 0) is 4.79 Å². The van der Waals surface area contributed by atoms with Crippen LogP contribution < -0.4 is 0 Å². The number of ketones is 1. The molecule has 0 heterocycles. The average molecular weight is 300 g/mol. The van der Waals surface area contributed by atoms with Gasteiger partial charge in [-0.3, -0.25) is 4.79 Å². The predicted molar refractivity (Wildman–Crippen MR) is 89.1 cm³/mol.